The molecule has 0 fully saturated rings. The summed E-state index contributed by atoms with van der Waals surface area (Å²) in [5.41, 5.74) is 8.63. The van der Waals surface area contributed by atoms with E-state index in [4.69, 9.17) is 5.73 Å². The van der Waals surface area contributed by atoms with Crippen LogP contribution >= 0.6 is 0 Å². The van der Waals surface area contributed by atoms with Gasteiger partial charge < -0.3 is 10.3 Å². The van der Waals surface area contributed by atoms with E-state index in [0.29, 0.717) is 10.9 Å². The number of hydrogen-bond donors (Lipinski definition) is 1. The van der Waals surface area contributed by atoms with Crippen LogP contribution in [0.2, 0.25) is 0 Å². The van der Waals surface area contributed by atoms with Crippen LogP contribution in [0.5, 0.6) is 0 Å². The number of benzene rings is 3. The maximum Gasteiger partial charge on any atom is 0.249 e. The van der Waals surface area contributed by atoms with Crippen LogP contribution in [-0.2, 0) is 6.54 Å². The van der Waals surface area contributed by atoms with E-state index in [1.165, 1.54) is 6.07 Å². The molecule has 0 saturated heterocycles. The zero-order chi connectivity index (χ0) is 18.4. The lowest BCUT2D eigenvalue weighted by atomic mass is 10.1. The van der Waals surface area contributed by atoms with E-state index in [9.17, 15) is 13.6 Å². The number of nitrogens with zero attached hydrogens (tertiary/aromatic N) is 1. The number of carbonyl (C=O) groups excluding carboxylic acids is 1. The van der Waals surface area contributed by atoms with Gasteiger partial charge in [0.1, 0.15) is 0 Å². The fourth-order valence-corrected chi connectivity index (χ4v) is 3.38. The molecule has 3 nitrogen and oxygen atoms in total. The normalized spacial score (nSPS) is 11.3. The van der Waals surface area contributed by atoms with Crippen molar-refractivity contribution in [2.24, 2.45) is 5.73 Å². The van der Waals surface area contributed by atoms with Crippen LogP contribution in [0.25, 0.3) is 21.8 Å². The van der Waals surface area contributed by atoms with Crippen LogP contribution in [-0.4, -0.2) is 10.5 Å². The molecule has 0 unspecified atom stereocenters. The molecule has 0 aliphatic carbocycles. The Morgan fingerprint density at radius 1 is 1.15 bits per heavy atom. The van der Waals surface area contributed by atoms with E-state index >= 15 is 0 Å². The Labute approximate surface area is 148 Å². The van der Waals surface area contributed by atoms with E-state index in [-0.39, 0.29) is 12.1 Å². The number of fused-ring (bicyclic) bond motifs is 3. The summed E-state index contributed by atoms with van der Waals surface area (Å²) >= 11 is 0. The van der Waals surface area contributed by atoms with Crippen molar-refractivity contribution in [1.29, 1.82) is 0 Å². The maximum atomic E-state index is 14.2. The topological polar surface area (TPSA) is 48.0 Å². The summed E-state index contributed by atoms with van der Waals surface area (Å²) in [6, 6.07) is 16.3. The first-order chi connectivity index (χ1) is 12.5. The Morgan fingerprint density at radius 3 is 2.69 bits per heavy atom. The molecule has 2 N–H and O–H groups in total. The van der Waals surface area contributed by atoms with Crippen molar-refractivity contribution in [3.8, 4) is 0 Å². The van der Waals surface area contributed by atoms with E-state index in [0.717, 1.165) is 28.0 Å². The molecule has 1 aromatic heterocycles. The molecular weight excluding hydrogens is 334 g/mol. The van der Waals surface area contributed by atoms with Gasteiger partial charge in [-0.2, -0.15) is 0 Å². The van der Waals surface area contributed by atoms with Gasteiger partial charge in [0.15, 0.2) is 11.6 Å². The highest BCUT2D eigenvalue weighted by atomic mass is 19.2. The number of aromatic nitrogens is 1. The highest BCUT2D eigenvalue weighted by molar-refractivity contribution is 6.17. The second-order valence-electron chi connectivity index (χ2n) is 6.30. The van der Waals surface area contributed by atoms with Gasteiger partial charge in [0.25, 0.3) is 0 Å². The zero-order valence-electron chi connectivity index (χ0n) is 14.0. The van der Waals surface area contributed by atoms with Gasteiger partial charge in [-0.25, -0.2) is 8.78 Å². The first-order valence-corrected chi connectivity index (χ1v) is 8.13. The van der Waals surface area contributed by atoms with Crippen molar-refractivity contribution >= 4 is 27.7 Å². The SMILES string of the molecule is Cc1c[c]c2c3c(C(N)=O)cccc3n(Cc3cccc(F)c3F)c2c1. The predicted molar refractivity (Wildman–Crippen MR) is 97.0 cm³/mol. The van der Waals surface area contributed by atoms with Crippen LogP contribution in [0.3, 0.4) is 0 Å². The summed E-state index contributed by atoms with van der Waals surface area (Å²) in [4.78, 5) is 11.9. The van der Waals surface area contributed by atoms with Gasteiger partial charge >= 0.3 is 0 Å². The number of halogens is 2. The molecule has 129 valence electrons. The third kappa shape index (κ3) is 2.44. The van der Waals surface area contributed by atoms with Crippen LogP contribution in [0, 0.1) is 24.6 Å². The van der Waals surface area contributed by atoms with Gasteiger partial charge in [0.05, 0.1) is 17.6 Å². The van der Waals surface area contributed by atoms with Crippen molar-refractivity contribution in [2.75, 3.05) is 0 Å². The van der Waals surface area contributed by atoms with Crippen molar-refractivity contribution in [2.45, 2.75) is 13.5 Å². The van der Waals surface area contributed by atoms with Crippen LogP contribution in [0.1, 0.15) is 21.5 Å². The summed E-state index contributed by atoms with van der Waals surface area (Å²) in [6.07, 6.45) is 0. The molecule has 0 aliphatic heterocycles. The quantitative estimate of drug-likeness (QED) is 0.588. The summed E-state index contributed by atoms with van der Waals surface area (Å²) in [5, 5.41) is 1.41. The molecule has 4 aromatic rings. The first-order valence-electron chi connectivity index (χ1n) is 8.13. The van der Waals surface area contributed by atoms with Gasteiger partial charge in [-0.3, -0.25) is 4.79 Å². The Balaban J connectivity index is 2.07. The smallest absolute Gasteiger partial charge is 0.249 e. The monoisotopic (exact) mass is 349 g/mol. The Morgan fingerprint density at radius 2 is 1.92 bits per heavy atom. The van der Waals surface area contributed by atoms with Crippen molar-refractivity contribution in [1.82, 2.24) is 4.57 Å². The maximum absolute atomic E-state index is 14.2. The fourth-order valence-electron chi connectivity index (χ4n) is 3.38. The number of nitrogens with two attached hydrogens (primary N) is 1. The van der Waals surface area contributed by atoms with E-state index in [1.54, 1.807) is 18.2 Å². The average molecular weight is 349 g/mol. The third-order valence-corrected chi connectivity index (χ3v) is 4.56. The molecule has 0 bridgehead atoms. The second-order valence-corrected chi connectivity index (χ2v) is 6.30. The van der Waals surface area contributed by atoms with Gasteiger partial charge in [-0.15, -0.1) is 0 Å². The number of amides is 1. The minimum Gasteiger partial charge on any atom is -0.366 e. The van der Waals surface area contributed by atoms with Crippen LogP contribution in [0.15, 0.2) is 48.5 Å². The molecule has 0 saturated carbocycles. The van der Waals surface area contributed by atoms with Gasteiger partial charge in [-0.1, -0.05) is 24.3 Å². The minimum atomic E-state index is -0.885. The highest BCUT2D eigenvalue weighted by Crippen LogP contribution is 2.33. The van der Waals surface area contributed by atoms with Crippen molar-refractivity contribution < 1.29 is 13.6 Å². The summed E-state index contributed by atoms with van der Waals surface area (Å²) in [7, 11) is 0. The molecule has 1 radical (unpaired) electrons. The Hall–Kier alpha value is -3.21. The number of aryl methyl sites for hydroxylation is 1. The Bertz CT molecular complexity index is 1180. The fraction of sp³-hybridized carbons (Fsp3) is 0.0952. The van der Waals surface area contributed by atoms with Crippen LogP contribution < -0.4 is 5.73 Å². The van der Waals surface area contributed by atoms with Crippen molar-refractivity contribution in [3.05, 3.63) is 82.9 Å². The molecule has 0 aliphatic rings. The van der Waals surface area contributed by atoms with Gasteiger partial charge in [0, 0.05) is 21.9 Å². The van der Waals surface area contributed by atoms with Gasteiger partial charge in [-0.05, 0) is 42.8 Å². The molecule has 1 heterocycles. The molecule has 26 heavy (non-hydrogen) atoms. The Kier molecular flexibility index (Phi) is 3.72. The molecule has 3 aromatic carbocycles. The van der Waals surface area contributed by atoms with E-state index in [2.05, 4.69) is 6.07 Å². The lowest BCUT2D eigenvalue weighted by Gasteiger charge is -2.10. The third-order valence-electron chi connectivity index (χ3n) is 4.56. The molecule has 4 rings (SSSR count). The summed E-state index contributed by atoms with van der Waals surface area (Å²) in [5.74, 6) is -2.30. The second kappa shape index (κ2) is 5.95. The molecule has 0 spiro atoms. The number of hydrogen-bond acceptors (Lipinski definition) is 1. The zero-order valence-corrected chi connectivity index (χ0v) is 14.0. The number of rotatable bonds is 3. The summed E-state index contributed by atoms with van der Waals surface area (Å²) in [6.45, 7) is 2.05. The molecule has 0 atom stereocenters. The summed E-state index contributed by atoms with van der Waals surface area (Å²) < 4.78 is 29.7. The number of primary amides is 1. The van der Waals surface area contributed by atoms with E-state index in [1.807, 2.05) is 29.7 Å². The number of carbonyl (C=O) groups is 1. The predicted octanol–water partition coefficient (Wildman–Crippen LogP) is 4.33. The minimum absolute atomic E-state index is 0.128. The average Bonchev–Trinajstić information content (AvgIpc) is 2.92. The van der Waals surface area contributed by atoms with Crippen LogP contribution in [0.4, 0.5) is 8.78 Å². The lowest BCUT2D eigenvalue weighted by Crippen LogP contribution is -2.11. The van der Waals surface area contributed by atoms with Gasteiger partial charge in [0.2, 0.25) is 5.91 Å². The molecule has 5 heteroatoms. The standard InChI is InChI=1S/C21H15F2N2O/c1-12-8-9-14-18(10-12)25(11-13-4-2-6-16(22)20(13)23)17-7-3-5-15(19(14)17)21(24)26/h2-8,10H,11H2,1H3,(H2,24,26). The lowest BCUT2D eigenvalue weighted by molar-refractivity contribution is 0.100. The van der Waals surface area contributed by atoms with E-state index < -0.39 is 17.5 Å². The van der Waals surface area contributed by atoms with Crippen molar-refractivity contribution in [3.63, 3.8) is 0 Å². The molecular formula is C21H15F2N2O. The first kappa shape index (κ1) is 16.3. The molecule has 1 amide bonds. The highest BCUT2D eigenvalue weighted by Gasteiger charge is 2.18. The largest absolute Gasteiger partial charge is 0.366 e.